The number of ether oxygens (including phenoxy) is 1. The summed E-state index contributed by atoms with van der Waals surface area (Å²) in [6.07, 6.45) is -1.04. The number of hydrogen-bond acceptors (Lipinski definition) is 10. The van der Waals surface area contributed by atoms with Crippen LogP contribution >= 0.6 is 20.0 Å². The van der Waals surface area contributed by atoms with Crippen LogP contribution in [-0.4, -0.2) is 58.7 Å². The zero-order valence-corrected chi connectivity index (χ0v) is 15.7. The van der Waals surface area contributed by atoms with Gasteiger partial charge in [-0.1, -0.05) is 18.3 Å². The van der Waals surface area contributed by atoms with Crippen LogP contribution in [0.25, 0.3) is 11.2 Å². The van der Waals surface area contributed by atoms with Crippen molar-refractivity contribution in [3.05, 3.63) is 29.7 Å². The van der Waals surface area contributed by atoms with E-state index in [4.69, 9.17) is 27.2 Å². The molecule has 3 aromatic rings. The zero-order chi connectivity index (χ0) is 20.1. The minimum Gasteiger partial charge on any atom is -0.851 e. The lowest BCUT2D eigenvalue weighted by Gasteiger charge is -2.34. The summed E-state index contributed by atoms with van der Waals surface area (Å²) in [6, 6.07) is 0. The van der Waals surface area contributed by atoms with E-state index >= 15 is 0 Å². The number of anilines is 1. The summed E-state index contributed by atoms with van der Waals surface area (Å²) in [5, 5.41) is 24.8. The van der Waals surface area contributed by atoms with E-state index in [1.165, 1.54) is 23.3 Å². The third-order valence-electron chi connectivity index (χ3n) is 4.21. The summed E-state index contributed by atoms with van der Waals surface area (Å²) in [4.78, 5) is 24.2. The number of nitrogen functional groups attached to an aromatic ring is 1. The predicted octanol–water partition coefficient (Wildman–Crippen LogP) is -1.71. The van der Waals surface area contributed by atoms with Gasteiger partial charge in [0.15, 0.2) is 10.6 Å². The van der Waals surface area contributed by atoms with Crippen molar-refractivity contribution in [3.8, 4) is 0 Å². The highest BCUT2D eigenvalue weighted by atomic mass is 32.1. The Bertz CT molecular complexity index is 1100. The topological polar surface area (TPSA) is 192 Å². The third-order valence-corrected chi connectivity index (χ3v) is 5.80. The molecule has 1 aliphatic rings. The number of imidazole rings is 2. The van der Waals surface area contributed by atoms with Crippen molar-refractivity contribution in [2.24, 2.45) is 0 Å². The maximum Gasteiger partial charge on any atom is 0.437 e. The average molecular weight is 427 g/mol. The maximum atomic E-state index is 12.5. The first-order valence-electron chi connectivity index (χ1n) is 7.93. The van der Waals surface area contributed by atoms with Gasteiger partial charge in [0, 0.05) is 12.4 Å². The summed E-state index contributed by atoms with van der Waals surface area (Å²) in [5.74, 6) is 0.0137. The van der Waals surface area contributed by atoms with E-state index in [1.54, 1.807) is 0 Å². The highest BCUT2D eigenvalue weighted by Gasteiger charge is 2.35. The number of hydrogen-bond donors (Lipinski definition) is 3. The molecule has 1 fully saturated rings. The van der Waals surface area contributed by atoms with E-state index in [0.29, 0.717) is 5.52 Å². The normalized spacial score (nSPS) is 27.2. The molecule has 4 rings (SSSR count). The van der Waals surface area contributed by atoms with Gasteiger partial charge in [-0.15, -0.1) is 6.10 Å². The van der Waals surface area contributed by atoms with Gasteiger partial charge in [0.1, 0.15) is 23.7 Å². The minimum absolute atomic E-state index is 0.0137. The second-order valence-electron chi connectivity index (χ2n) is 6.00. The smallest absolute Gasteiger partial charge is 0.437 e. The highest BCUT2D eigenvalue weighted by molar-refractivity contribution is 7.71. The fourth-order valence-electron chi connectivity index (χ4n) is 2.85. The van der Waals surface area contributed by atoms with Gasteiger partial charge in [-0.3, -0.25) is 9.09 Å². The first-order valence-corrected chi connectivity index (χ1v) is 9.87. The summed E-state index contributed by atoms with van der Waals surface area (Å²) in [6.45, 7) is -0.554. The van der Waals surface area contributed by atoms with Crippen LogP contribution in [0.3, 0.4) is 0 Å². The monoisotopic (exact) mass is 427 g/mol. The van der Waals surface area contributed by atoms with Crippen molar-refractivity contribution in [2.75, 3.05) is 12.3 Å². The lowest BCUT2D eigenvalue weighted by molar-refractivity contribution is -0.527. The minimum atomic E-state index is -4.26. The first kappa shape index (κ1) is 19.1. The van der Waals surface area contributed by atoms with Crippen LogP contribution in [0.2, 0.25) is 0 Å². The Morgan fingerprint density at radius 3 is 2.93 bits per heavy atom. The molecule has 0 aliphatic carbocycles. The molecule has 1 saturated heterocycles. The summed E-state index contributed by atoms with van der Waals surface area (Å²) < 4.78 is 24.9. The van der Waals surface area contributed by atoms with Crippen molar-refractivity contribution < 1.29 is 28.9 Å². The van der Waals surface area contributed by atoms with Crippen LogP contribution in [0, 0.1) is 4.64 Å². The Balaban J connectivity index is 1.55. The number of fused-ring (bicyclic) bond motifs is 1. The summed E-state index contributed by atoms with van der Waals surface area (Å²) in [5.41, 5.74) is 6.22. The van der Waals surface area contributed by atoms with E-state index in [9.17, 15) is 19.7 Å². The largest absolute Gasteiger partial charge is 0.851 e. The molecule has 15 heteroatoms. The lowest BCUT2D eigenvalue weighted by atomic mass is 10.1. The van der Waals surface area contributed by atoms with Crippen LogP contribution in [0.1, 0.15) is 6.23 Å². The van der Waals surface area contributed by atoms with E-state index < -0.39 is 38.9 Å². The van der Waals surface area contributed by atoms with Gasteiger partial charge >= 0.3 is 7.75 Å². The predicted molar refractivity (Wildman–Crippen MR) is 92.0 cm³/mol. The molecule has 4 N–H and O–H groups in total. The van der Waals surface area contributed by atoms with Crippen LogP contribution < -0.4 is 15.9 Å². The summed E-state index contributed by atoms with van der Waals surface area (Å²) >= 11 is 5.07. The molecule has 0 saturated carbocycles. The molecule has 0 amide bonds. The van der Waals surface area contributed by atoms with E-state index in [-0.39, 0.29) is 16.2 Å². The number of nitrogens with zero attached hydrogens (tertiary/aromatic N) is 5. The number of aromatic amines is 1. The molecule has 0 bridgehead atoms. The van der Waals surface area contributed by atoms with Crippen LogP contribution in [0.5, 0.6) is 0 Å². The first-order chi connectivity index (χ1) is 13.3. The number of aromatic nitrogens is 6. The highest BCUT2D eigenvalue weighted by Crippen LogP contribution is 2.44. The van der Waals surface area contributed by atoms with Gasteiger partial charge in [0.25, 0.3) is 0 Å². The number of rotatable bonds is 5. The summed E-state index contributed by atoms with van der Waals surface area (Å²) in [7, 11) is -4.26. The van der Waals surface area contributed by atoms with Crippen molar-refractivity contribution >= 4 is 37.1 Å². The molecule has 150 valence electrons. The Morgan fingerprint density at radius 2 is 2.21 bits per heavy atom. The Labute approximate surface area is 162 Å². The number of nitrogens with one attached hydrogen (secondary N) is 1. The van der Waals surface area contributed by atoms with Gasteiger partial charge in [0.2, 0.25) is 0 Å². The average Bonchev–Trinajstić information content (AvgIpc) is 3.35. The third kappa shape index (κ3) is 3.24. The van der Waals surface area contributed by atoms with Crippen molar-refractivity contribution in [1.29, 1.82) is 0 Å². The Morgan fingerprint density at radius 1 is 1.43 bits per heavy atom. The standard InChI is InChI=1S/C13H14N7O6PS/c14-13-17-10-7(11(28)18-13)16-5-20(10)12-9(22)8(21)6(26-12)3-25-27(23,24)19-2-1-15-4-19/h1-2,4-6,8-9,12H,3H2,(H,23,24)(H3,14,17,18,28)/q-2/t6-,8-,9-,12-/m1/s1. The Kier molecular flexibility index (Phi) is 4.79. The van der Waals surface area contributed by atoms with Gasteiger partial charge < -0.3 is 30.6 Å². The molecule has 28 heavy (non-hydrogen) atoms. The molecular weight excluding hydrogens is 413 g/mol. The molecule has 1 aliphatic heterocycles. The zero-order valence-electron chi connectivity index (χ0n) is 14.0. The van der Waals surface area contributed by atoms with Gasteiger partial charge in [-0.25, -0.2) is 23.9 Å². The van der Waals surface area contributed by atoms with E-state index in [1.807, 2.05) is 0 Å². The maximum absolute atomic E-state index is 12.5. The molecule has 5 atom stereocenters. The van der Waals surface area contributed by atoms with Crippen molar-refractivity contribution in [1.82, 2.24) is 28.8 Å². The lowest BCUT2D eigenvalue weighted by Crippen LogP contribution is -2.50. The number of nitrogens with two attached hydrogens (primary N) is 1. The molecular formula is C13H14N7O6PS-2. The van der Waals surface area contributed by atoms with Crippen LogP contribution in [0.4, 0.5) is 5.95 Å². The van der Waals surface area contributed by atoms with Gasteiger partial charge in [0.05, 0.1) is 19.0 Å². The van der Waals surface area contributed by atoms with Crippen LogP contribution in [0.15, 0.2) is 25.0 Å². The van der Waals surface area contributed by atoms with Gasteiger partial charge in [-0.05, 0) is 0 Å². The van der Waals surface area contributed by atoms with Gasteiger partial charge in [-0.2, -0.15) is 0 Å². The molecule has 13 nitrogen and oxygen atoms in total. The van der Waals surface area contributed by atoms with Crippen LogP contribution in [-0.2, 0) is 13.8 Å². The molecule has 0 aromatic carbocycles. The SMILES string of the molecule is Nc1nc(=S)c2ncn([C@@H]3O[C@H](COP(=O)(O)n4ccnc4)[C@@H]([O-])[C@H]3[O-])c2[nH]1. The molecule has 1 unspecified atom stereocenters. The van der Waals surface area contributed by atoms with Crippen molar-refractivity contribution in [3.63, 3.8) is 0 Å². The molecule has 3 aromatic heterocycles. The van der Waals surface area contributed by atoms with E-state index in [0.717, 1.165) is 10.7 Å². The molecule has 0 spiro atoms. The van der Waals surface area contributed by atoms with Crippen molar-refractivity contribution in [2.45, 2.75) is 24.5 Å². The van der Waals surface area contributed by atoms with E-state index in [2.05, 4.69) is 19.9 Å². The molecule has 0 radical (unpaired) electrons. The fraction of sp³-hybridized carbons (Fsp3) is 0.385. The Hall–Kier alpha value is -2.19. The second kappa shape index (κ2) is 7.00. The second-order valence-corrected chi connectivity index (χ2v) is 8.09. The fourth-order valence-corrected chi connectivity index (χ4v) is 3.99. The quantitative estimate of drug-likeness (QED) is 0.310. The number of H-pyrrole nitrogens is 1. The molecule has 4 heterocycles.